The van der Waals surface area contributed by atoms with E-state index in [9.17, 15) is 10.1 Å². The smallest absolute Gasteiger partial charge is 0.281 e. The van der Waals surface area contributed by atoms with Gasteiger partial charge in [0, 0.05) is 11.1 Å². The fourth-order valence-corrected chi connectivity index (χ4v) is 1.07. The van der Waals surface area contributed by atoms with Gasteiger partial charge in [-0.15, -0.1) is 0 Å². The molecule has 1 atom stereocenters. The number of aliphatic imine (C=N–C) groups is 1. The number of aromatic nitrogens is 1. The van der Waals surface area contributed by atoms with E-state index >= 15 is 0 Å². The van der Waals surface area contributed by atoms with Crippen molar-refractivity contribution in [2.24, 2.45) is 10.7 Å². The summed E-state index contributed by atoms with van der Waals surface area (Å²) in [4.78, 5) is 17.7. The maximum absolute atomic E-state index is 10.4. The normalized spacial score (nSPS) is 13.6. The lowest BCUT2D eigenvalue weighted by Crippen LogP contribution is -2.36. The van der Waals surface area contributed by atoms with Gasteiger partial charge >= 0.3 is 6.17 Å². The van der Waals surface area contributed by atoms with Gasteiger partial charge in [-0.3, -0.25) is 20.8 Å². The van der Waals surface area contributed by atoms with Gasteiger partial charge < -0.3 is 0 Å². The van der Waals surface area contributed by atoms with Crippen LogP contribution in [-0.4, -0.2) is 21.8 Å². The van der Waals surface area contributed by atoms with Gasteiger partial charge in [0.25, 0.3) is 0 Å². The Morgan fingerprint density at radius 1 is 1.75 bits per heavy atom. The second kappa shape index (κ2) is 5.53. The molecule has 2 N–H and O–H groups in total. The van der Waals surface area contributed by atoms with Gasteiger partial charge in [-0.25, -0.2) is 4.98 Å². The van der Waals surface area contributed by atoms with Gasteiger partial charge in [-0.2, -0.15) is 0 Å². The predicted molar refractivity (Wildman–Crippen MR) is 61.0 cm³/mol. The van der Waals surface area contributed by atoms with Crippen molar-refractivity contribution < 1.29 is 4.92 Å². The topological polar surface area (TPSA) is 94.4 Å². The first kappa shape index (κ1) is 12.5. The van der Waals surface area contributed by atoms with E-state index in [1.165, 1.54) is 6.92 Å². The average molecular weight is 243 g/mol. The quantitative estimate of drug-likeness (QED) is 0.283. The molecule has 6 nitrogen and oxygen atoms in total. The number of pyridine rings is 1. The molecule has 0 aromatic carbocycles. The molecule has 1 rings (SSSR count). The molecule has 0 radical (unpaired) electrons. The van der Waals surface area contributed by atoms with Crippen LogP contribution in [0.15, 0.2) is 23.3 Å². The van der Waals surface area contributed by atoms with Crippen molar-refractivity contribution in [2.75, 3.05) is 0 Å². The molecule has 0 spiro atoms. The minimum absolute atomic E-state index is 0.278. The Labute approximate surface area is 97.3 Å². The second-order valence-electron chi connectivity index (χ2n) is 3.18. The van der Waals surface area contributed by atoms with Gasteiger partial charge in [0.2, 0.25) is 0 Å². The number of nitrogens with two attached hydrogens (primary N) is 1. The molecular weight excluding hydrogens is 232 g/mol. The summed E-state index contributed by atoms with van der Waals surface area (Å²) in [6.45, 7) is 1.83. The van der Waals surface area contributed by atoms with Crippen molar-refractivity contribution in [3.63, 3.8) is 0 Å². The zero-order valence-corrected chi connectivity index (χ0v) is 9.39. The number of halogens is 1. The Kier molecular flexibility index (Phi) is 4.33. The number of rotatable bonds is 4. The molecule has 0 bridgehead atoms. The van der Waals surface area contributed by atoms with Crippen LogP contribution in [0.5, 0.6) is 0 Å². The summed E-state index contributed by atoms with van der Waals surface area (Å²) >= 11 is 5.61. The third kappa shape index (κ3) is 3.56. The second-order valence-corrected chi connectivity index (χ2v) is 3.56. The van der Waals surface area contributed by atoms with Gasteiger partial charge in [-0.1, -0.05) is 17.7 Å². The molecule has 1 unspecified atom stereocenters. The lowest BCUT2D eigenvalue weighted by atomic mass is 10.3. The summed E-state index contributed by atoms with van der Waals surface area (Å²) in [5.74, 6) is 0. The summed E-state index contributed by atoms with van der Waals surface area (Å²) in [6, 6.07) is 3.39. The van der Waals surface area contributed by atoms with Crippen LogP contribution in [0.1, 0.15) is 12.5 Å². The molecule has 86 valence electrons. The Morgan fingerprint density at radius 3 is 2.94 bits per heavy atom. The SMILES string of the molecule is CC(=NCc1ccc(Cl)nc1)C(N)[N+](=O)[O-]. The summed E-state index contributed by atoms with van der Waals surface area (Å²) in [7, 11) is 0. The van der Waals surface area contributed by atoms with E-state index in [1.54, 1.807) is 18.3 Å². The Hall–Kier alpha value is -1.53. The molecule has 0 aliphatic heterocycles. The number of nitrogens with zero attached hydrogens (tertiary/aromatic N) is 3. The van der Waals surface area contributed by atoms with Crippen LogP contribution in [-0.2, 0) is 6.54 Å². The van der Waals surface area contributed by atoms with Crippen LogP contribution in [0, 0.1) is 10.1 Å². The Morgan fingerprint density at radius 2 is 2.44 bits per heavy atom. The van der Waals surface area contributed by atoms with E-state index in [0.29, 0.717) is 11.7 Å². The van der Waals surface area contributed by atoms with E-state index in [4.69, 9.17) is 17.3 Å². The van der Waals surface area contributed by atoms with E-state index in [2.05, 4.69) is 9.98 Å². The largest absolute Gasteiger partial charge is 0.301 e. The molecule has 16 heavy (non-hydrogen) atoms. The number of nitro groups is 1. The first-order valence-electron chi connectivity index (χ1n) is 4.51. The Bertz CT molecular complexity index is 404. The zero-order valence-electron chi connectivity index (χ0n) is 8.63. The molecule has 1 aromatic heterocycles. The van der Waals surface area contributed by atoms with Gasteiger partial charge in [0.05, 0.1) is 12.3 Å². The lowest BCUT2D eigenvalue weighted by Gasteiger charge is -2.03. The molecule has 0 fully saturated rings. The molecular formula is C9H11ClN4O2. The molecule has 0 amide bonds. The molecule has 1 heterocycles. The monoisotopic (exact) mass is 242 g/mol. The van der Waals surface area contributed by atoms with E-state index in [0.717, 1.165) is 5.56 Å². The first-order valence-corrected chi connectivity index (χ1v) is 4.89. The lowest BCUT2D eigenvalue weighted by molar-refractivity contribution is -0.501. The highest BCUT2D eigenvalue weighted by Crippen LogP contribution is 2.06. The highest BCUT2D eigenvalue weighted by molar-refractivity contribution is 6.29. The van der Waals surface area contributed by atoms with Gasteiger partial charge in [-0.05, 0) is 18.6 Å². The van der Waals surface area contributed by atoms with Crippen LogP contribution >= 0.6 is 11.6 Å². The molecule has 0 aliphatic carbocycles. The van der Waals surface area contributed by atoms with Crippen molar-refractivity contribution in [1.82, 2.24) is 4.98 Å². The van der Waals surface area contributed by atoms with Crippen LogP contribution in [0.25, 0.3) is 0 Å². The van der Waals surface area contributed by atoms with Crippen LogP contribution in [0.2, 0.25) is 5.15 Å². The first-order chi connectivity index (χ1) is 7.50. The van der Waals surface area contributed by atoms with Crippen molar-refractivity contribution in [2.45, 2.75) is 19.6 Å². The summed E-state index contributed by atoms with van der Waals surface area (Å²) in [6.07, 6.45) is 0.317. The fourth-order valence-electron chi connectivity index (χ4n) is 0.962. The minimum atomic E-state index is -1.25. The molecule has 7 heteroatoms. The third-order valence-electron chi connectivity index (χ3n) is 1.95. The minimum Gasteiger partial charge on any atom is -0.281 e. The molecule has 0 aliphatic rings. The molecule has 0 saturated heterocycles. The summed E-state index contributed by atoms with van der Waals surface area (Å²) in [5, 5.41) is 10.8. The molecule has 0 saturated carbocycles. The highest BCUT2D eigenvalue weighted by atomic mass is 35.5. The van der Waals surface area contributed by atoms with Crippen molar-refractivity contribution in [3.05, 3.63) is 39.2 Å². The van der Waals surface area contributed by atoms with E-state index < -0.39 is 11.1 Å². The van der Waals surface area contributed by atoms with Crippen molar-refractivity contribution in [3.8, 4) is 0 Å². The maximum Gasteiger partial charge on any atom is 0.301 e. The third-order valence-corrected chi connectivity index (χ3v) is 2.18. The number of hydrogen-bond donors (Lipinski definition) is 1. The average Bonchev–Trinajstić information content (AvgIpc) is 2.26. The van der Waals surface area contributed by atoms with Crippen molar-refractivity contribution in [1.29, 1.82) is 0 Å². The van der Waals surface area contributed by atoms with Crippen LogP contribution < -0.4 is 5.73 Å². The summed E-state index contributed by atoms with van der Waals surface area (Å²) in [5.41, 5.74) is 6.38. The maximum atomic E-state index is 10.4. The van der Waals surface area contributed by atoms with Crippen LogP contribution in [0.4, 0.5) is 0 Å². The molecule has 1 aromatic rings. The standard InChI is InChI=1S/C9H11ClN4O2/c1-6(9(11)14(15)16)12-4-7-2-3-8(10)13-5-7/h2-3,5,9H,4,11H2,1H3. The number of hydrogen-bond acceptors (Lipinski definition) is 5. The Balaban J connectivity index is 2.65. The van der Waals surface area contributed by atoms with Gasteiger partial charge in [0.1, 0.15) is 5.15 Å². The van der Waals surface area contributed by atoms with E-state index in [1.807, 2.05) is 0 Å². The highest BCUT2D eigenvalue weighted by Gasteiger charge is 2.16. The van der Waals surface area contributed by atoms with Gasteiger partial charge in [0.15, 0.2) is 0 Å². The summed E-state index contributed by atoms with van der Waals surface area (Å²) < 4.78 is 0. The van der Waals surface area contributed by atoms with Crippen LogP contribution in [0.3, 0.4) is 0 Å². The van der Waals surface area contributed by atoms with Crippen molar-refractivity contribution >= 4 is 17.3 Å². The fraction of sp³-hybridized carbons (Fsp3) is 0.333. The van der Waals surface area contributed by atoms with E-state index in [-0.39, 0.29) is 5.71 Å². The predicted octanol–water partition coefficient (Wildman–Crippen LogP) is 1.26. The zero-order chi connectivity index (χ0) is 12.1.